The number of rotatable bonds is 16. The predicted molar refractivity (Wildman–Crippen MR) is 149 cm³/mol. The normalized spacial score (nSPS) is 12.4. The third-order valence-electron chi connectivity index (χ3n) is 5.93. The molecule has 37 heavy (non-hydrogen) atoms. The van der Waals surface area contributed by atoms with E-state index in [1.807, 2.05) is 34.7 Å². The Morgan fingerprint density at radius 1 is 1.11 bits per heavy atom. The lowest BCUT2D eigenvalue weighted by Gasteiger charge is -2.27. The molecule has 2 heterocycles. The maximum absolute atomic E-state index is 13.0. The number of methoxy groups -OCH3 is 1. The summed E-state index contributed by atoms with van der Waals surface area (Å²) in [7, 11) is 3.63. The maximum Gasteiger partial charge on any atom is 0.329 e. The summed E-state index contributed by atoms with van der Waals surface area (Å²) in [5.74, 6) is 1.10. The van der Waals surface area contributed by atoms with Crippen molar-refractivity contribution in [2.75, 3.05) is 51.0 Å². The number of hydrogen-bond acceptors (Lipinski definition) is 9. The van der Waals surface area contributed by atoms with Gasteiger partial charge in [0.2, 0.25) is 5.95 Å². The summed E-state index contributed by atoms with van der Waals surface area (Å²) in [5, 5.41) is 6.38. The lowest BCUT2D eigenvalue weighted by molar-refractivity contribution is -0.156. The van der Waals surface area contributed by atoms with Gasteiger partial charge in [-0.2, -0.15) is 0 Å². The van der Waals surface area contributed by atoms with E-state index in [2.05, 4.69) is 44.6 Å². The first-order valence-electron chi connectivity index (χ1n) is 13.3. The molecule has 0 saturated heterocycles. The molecule has 0 aliphatic heterocycles. The van der Waals surface area contributed by atoms with Crippen molar-refractivity contribution in [2.45, 2.75) is 78.4 Å². The molecule has 9 nitrogen and oxygen atoms in total. The molecule has 2 rings (SSSR count). The number of nitrogens with zero attached hydrogens (tertiary/aromatic N) is 4. The molecule has 0 aliphatic carbocycles. The molecule has 0 aliphatic rings. The average molecular weight is 515 g/mol. The van der Waals surface area contributed by atoms with Crippen LogP contribution in [0.4, 0.5) is 11.8 Å². The number of esters is 1. The monoisotopic (exact) mass is 514 g/mol. The number of ether oxygens (including phenoxy) is 2. The number of anilines is 2. The van der Waals surface area contributed by atoms with E-state index in [1.165, 1.54) is 5.56 Å². The van der Waals surface area contributed by atoms with Crippen LogP contribution in [0.5, 0.6) is 0 Å². The van der Waals surface area contributed by atoms with Crippen molar-refractivity contribution in [3.63, 3.8) is 0 Å². The van der Waals surface area contributed by atoms with E-state index in [0.29, 0.717) is 19.0 Å². The molecule has 9 heteroatoms. The summed E-state index contributed by atoms with van der Waals surface area (Å²) in [4.78, 5) is 28.7. The molecule has 0 saturated carbocycles. The zero-order valence-corrected chi connectivity index (χ0v) is 23.8. The SMILES string of the molecule is CCc1ccc(CCCCN(CCOC)CCC(Nc2ncc(C)cn2)C(=O)OC(C)(C)C)nc1NC. The Bertz CT molecular complexity index is 946. The second kappa shape index (κ2) is 15.5. The standard InChI is InChI=1S/C28H46N6O3/c1-8-22-12-13-23(32-25(22)29-6)11-9-10-15-34(17-18-36-7)16-14-24(26(35)37-28(3,4)5)33-27-30-19-21(2)20-31-27/h12-13,19-20,24H,8-11,14-18H2,1-7H3,(H,29,32)(H,30,31,33). The van der Waals surface area contributed by atoms with Gasteiger partial charge in [0.05, 0.1) is 6.61 Å². The fourth-order valence-corrected chi connectivity index (χ4v) is 3.92. The smallest absolute Gasteiger partial charge is 0.329 e. The van der Waals surface area contributed by atoms with E-state index in [-0.39, 0.29) is 5.97 Å². The van der Waals surface area contributed by atoms with Gasteiger partial charge in [-0.3, -0.25) is 0 Å². The van der Waals surface area contributed by atoms with E-state index in [9.17, 15) is 4.79 Å². The molecular weight excluding hydrogens is 468 g/mol. The number of carbonyl (C=O) groups is 1. The van der Waals surface area contributed by atoms with Gasteiger partial charge in [-0.15, -0.1) is 0 Å². The minimum absolute atomic E-state index is 0.301. The van der Waals surface area contributed by atoms with Crippen LogP contribution < -0.4 is 10.6 Å². The highest BCUT2D eigenvalue weighted by molar-refractivity contribution is 5.79. The molecule has 1 atom stereocenters. The van der Waals surface area contributed by atoms with Gasteiger partial charge in [0.15, 0.2) is 0 Å². The van der Waals surface area contributed by atoms with Crippen LogP contribution in [-0.2, 0) is 27.1 Å². The topological polar surface area (TPSA) is 102 Å². The summed E-state index contributed by atoms with van der Waals surface area (Å²) < 4.78 is 11.0. The number of nitrogens with one attached hydrogen (secondary N) is 2. The predicted octanol–water partition coefficient (Wildman–Crippen LogP) is 4.27. The Morgan fingerprint density at radius 3 is 2.46 bits per heavy atom. The molecule has 0 bridgehead atoms. The molecule has 2 aromatic heterocycles. The minimum Gasteiger partial charge on any atom is -0.458 e. The van der Waals surface area contributed by atoms with Crippen molar-refractivity contribution >= 4 is 17.7 Å². The van der Waals surface area contributed by atoms with Crippen LogP contribution in [0.3, 0.4) is 0 Å². The Labute approximate surface area is 222 Å². The molecule has 2 N–H and O–H groups in total. The zero-order valence-electron chi connectivity index (χ0n) is 23.8. The average Bonchev–Trinajstić information content (AvgIpc) is 2.86. The molecule has 0 radical (unpaired) electrons. The highest BCUT2D eigenvalue weighted by Gasteiger charge is 2.26. The lowest BCUT2D eigenvalue weighted by atomic mass is 10.1. The molecule has 1 unspecified atom stereocenters. The van der Waals surface area contributed by atoms with E-state index < -0.39 is 11.6 Å². The van der Waals surface area contributed by atoms with Crippen LogP contribution in [0.15, 0.2) is 24.5 Å². The summed E-state index contributed by atoms with van der Waals surface area (Å²) in [6.45, 7) is 12.8. The zero-order chi connectivity index (χ0) is 27.3. The molecule has 2 aromatic rings. The van der Waals surface area contributed by atoms with Crippen LogP contribution in [0, 0.1) is 6.92 Å². The number of aryl methyl sites for hydroxylation is 3. The largest absolute Gasteiger partial charge is 0.458 e. The number of aromatic nitrogens is 3. The summed E-state index contributed by atoms with van der Waals surface area (Å²) >= 11 is 0. The number of hydrogen-bond donors (Lipinski definition) is 2. The number of carbonyl (C=O) groups excluding carboxylic acids is 1. The Balaban J connectivity index is 1.96. The van der Waals surface area contributed by atoms with Gasteiger partial charge < -0.3 is 25.0 Å². The molecule has 0 aromatic carbocycles. The Kier molecular flexibility index (Phi) is 12.7. The summed E-state index contributed by atoms with van der Waals surface area (Å²) in [5.41, 5.74) is 2.74. The Hall–Kier alpha value is -2.78. The van der Waals surface area contributed by atoms with Gasteiger partial charge in [0.1, 0.15) is 17.5 Å². The van der Waals surface area contributed by atoms with Gasteiger partial charge in [-0.1, -0.05) is 13.0 Å². The van der Waals surface area contributed by atoms with Crippen LogP contribution in [-0.4, -0.2) is 77.9 Å². The van der Waals surface area contributed by atoms with Crippen molar-refractivity contribution in [1.29, 1.82) is 0 Å². The summed E-state index contributed by atoms with van der Waals surface area (Å²) in [6.07, 6.45) is 8.00. The van der Waals surface area contributed by atoms with Crippen molar-refractivity contribution in [3.8, 4) is 0 Å². The van der Waals surface area contributed by atoms with Crippen LogP contribution in [0.1, 0.15) is 63.8 Å². The quantitative estimate of drug-likeness (QED) is 0.251. The fourth-order valence-electron chi connectivity index (χ4n) is 3.92. The van der Waals surface area contributed by atoms with Crippen molar-refractivity contribution < 1.29 is 14.3 Å². The second-order valence-electron chi connectivity index (χ2n) is 10.3. The van der Waals surface area contributed by atoms with Crippen molar-refractivity contribution in [3.05, 3.63) is 41.3 Å². The Morgan fingerprint density at radius 2 is 1.84 bits per heavy atom. The van der Waals surface area contributed by atoms with E-state index >= 15 is 0 Å². The van der Waals surface area contributed by atoms with Gasteiger partial charge >= 0.3 is 5.97 Å². The van der Waals surface area contributed by atoms with E-state index in [1.54, 1.807) is 19.5 Å². The molecular formula is C28H46N6O3. The van der Waals surface area contributed by atoms with Gasteiger partial charge in [-0.25, -0.2) is 19.7 Å². The third kappa shape index (κ3) is 11.4. The van der Waals surface area contributed by atoms with Gasteiger partial charge in [0, 0.05) is 45.3 Å². The number of pyridine rings is 1. The lowest BCUT2D eigenvalue weighted by Crippen LogP contribution is -2.40. The van der Waals surface area contributed by atoms with Gasteiger partial charge in [0.25, 0.3) is 0 Å². The maximum atomic E-state index is 13.0. The van der Waals surface area contributed by atoms with E-state index in [0.717, 1.165) is 62.4 Å². The van der Waals surface area contributed by atoms with Crippen LogP contribution in [0.2, 0.25) is 0 Å². The summed E-state index contributed by atoms with van der Waals surface area (Å²) in [6, 6.07) is 3.75. The highest BCUT2D eigenvalue weighted by Crippen LogP contribution is 2.16. The molecule has 0 spiro atoms. The highest BCUT2D eigenvalue weighted by atomic mass is 16.6. The van der Waals surface area contributed by atoms with Crippen LogP contribution >= 0.6 is 0 Å². The first kappa shape index (κ1) is 30.4. The van der Waals surface area contributed by atoms with Crippen molar-refractivity contribution in [2.24, 2.45) is 0 Å². The molecule has 0 fully saturated rings. The molecule has 206 valence electrons. The number of unbranched alkanes of at least 4 members (excludes halogenated alkanes) is 1. The minimum atomic E-state index is -0.572. The second-order valence-corrected chi connectivity index (χ2v) is 10.3. The van der Waals surface area contributed by atoms with Gasteiger partial charge in [-0.05, 0) is 83.5 Å². The first-order valence-corrected chi connectivity index (χ1v) is 13.3. The fraction of sp³-hybridized carbons (Fsp3) is 0.643. The van der Waals surface area contributed by atoms with E-state index in [4.69, 9.17) is 14.5 Å². The van der Waals surface area contributed by atoms with Crippen LogP contribution in [0.25, 0.3) is 0 Å². The first-order chi connectivity index (χ1) is 17.6. The molecule has 0 amide bonds. The van der Waals surface area contributed by atoms with Crippen molar-refractivity contribution in [1.82, 2.24) is 19.9 Å². The third-order valence-corrected chi connectivity index (χ3v) is 5.93.